The lowest BCUT2D eigenvalue weighted by molar-refractivity contribution is -0.119. The first kappa shape index (κ1) is 28.0. The first-order valence-corrected chi connectivity index (χ1v) is 15.8. The quantitative estimate of drug-likeness (QED) is 0.374. The van der Waals surface area contributed by atoms with Crippen molar-refractivity contribution < 1.29 is 31.5 Å². The van der Waals surface area contributed by atoms with Crippen LogP contribution < -0.4 is 10.6 Å². The van der Waals surface area contributed by atoms with Crippen molar-refractivity contribution in [2.75, 3.05) is 30.1 Å². The second-order valence-corrected chi connectivity index (χ2v) is 13.1. The van der Waals surface area contributed by atoms with Crippen molar-refractivity contribution in [3.63, 3.8) is 0 Å². The number of rotatable bonds is 7. The number of sulfone groups is 1. The fourth-order valence-electron chi connectivity index (χ4n) is 5.61. The summed E-state index contributed by atoms with van der Waals surface area (Å²) in [6.45, 7) is 3.02. The minimum absolute atomic E-state index is 0.0535. The molecule has 220 valence electrons. The van der Waals surface area contributed by atoms with Gasteiger partial charge < -0.3 is 20.1 Å². The van der Waals surface area contributed by atoms with Gasteiger partial charge in [-0.05, 0) is 63.1 Å². The Hall–Kier alpha value is -3.16. The summed E-state index contributed by atoms with van der Waals surface area (Å²) in [5, 5.41) is 5.72. The zero-order valence-electron chi connectivity index (χ0n) is 23.0. The predicted octanol–water partition coefficient (Wildman–Crippen LogP) is 5.42. The van der Waals surface area contributed by atoms with Crippen LogP contribution in [-0.2, 0) is 24.1 Å². The molecule has 2 aliphatic heterocycles. The number of nitrogens with zero attached hydrogens (tertiary/aromatic N) is 3. The van der Waals surface area contributed by atoms with Crippen LogP contribution in [0, 0.1) is 12.8 Å². The monoisotopic (exact) mass is 589 g/mol. The van der Waals surface area contributed by atoms with E-state index in [0.29, 0.717) is 41.6 Å². The van der Waals surface area contributed by atoms with E-state index in [1.165, 1.54) is 6.07 Å². The molecule has 3 atom stereocenters. The summed E-state index contributed by atoms with van der Waals surface area (Å²) >= 11 is 0. The average Bonchev–Trinajstić information content (AvgIpc) is 3.46. The molecule has 0 spiro atoms. The van der Waals surface area contributed by atoms with Gasteiger partial charge in [0.15, 0.2) is 15.5 Å². The molecule has 3 aliphatic rings. The van der Waals surface area contributed by atoms with Crippen LogP contribution in [0.15, 0.2) is 29.2 Å². The highest BCUT2D eigenvalue weighted by Gasteiger charge is 2.61. The number of carbonyl (C=O) groups excluding carboxylic acids is 1. The molecule has 2 saturated heterocycles. The molecule has 2 aromatic heterocycles. The number of pyridine rings is 1. The summed E-state index contributed by atoms with van der Waals surface area (Å²) in [6.07, 6.45) is 5.55. The lowest BCUT2D eigenvalue weighted by Gasteiger charge is -2.25. The molecule has 1 saturated carbocycles. The van der Waals surface area contributed by atoms with Crippen LogP contribution in [0.2, 0.25) is 0 Å². The van der Waals surface area contributed by atoms with Gasteiger partial charge in [-0.25, -0.2) is 27.2 Å². The maximum Gasteiger partial charge on any atom is 0.260 e. The standard InChI is InChI=1S/C28H33F2N5O5S/c1-16-31-25-20(32-19-10-9-17(13-22(19)41(2,37)38)21-7-3-5-11-39-21)14-23(34-27(36)18-15-28(18,29)30)33-26(25)35(16)24-8-4-6-12-40-24/h9-10,13-14,18,21,24H,3-8,11-12,15H2,1-2H3,(H2,32,33,34,36)/t18?,21-,24?/m1/s1. The normalized spacial score (nSPS) is 24.2. The van der Waals surface area contributed by atoms with Crippen LogP contribution in [0.5, 0.6) is 0 Å². The fraction of sp³-hybridized carbons (Fsp3) is 0.536. The summed E-state index contributed by atoms with van der Waals surface area (Å²) in [7, 11) is -3.67. The molecule has 6 rings (SSSR count). The molecule has 13 heteroatoms. The Morgan fingerprint density at radius 1 is 1.05 bits per heavy atom. The lowest BCUT2D eigenvalue weighted by atomic mass is 10.0. The maximum absolute atomic E-state index is 13.6. The number of anilines is 3. The van der Waals surface area contributed by atoms with E-state index in [4.69, 9.17) is 14.5 Å². The van der Waals surface area contributed by atoms with Crippen molar-refractivity contribution in [2.24, 2.45) is 5.92 Å². The number of ether oxygens (including phenoxy) is 2. The summed E-state index contributed by atoms with van der Waals surface area (Å²) in [5.74, 6) is -4.59. The summed E-state index contributed by atoms with van der Waals surface area (Å²) in [6, 6.07) is 6.64. The largest absolute Gasteiger partial charge is 0.374 e. The van der Waals surface area contributed by atoms with E-state index in [9.17, 15) is 22.0 Å². The minimum atomic E-state index is -3.67. The number of hydrogen-bond donors (Lipinski definition) is 2. The highest BCUT2D eigenvalue weighted by atomic mass is 32.2. The molecule has 3 aromatic rings. The van der Waals surface area contributed by atoms with E-state index in [1.54, 1.807) is 12.1 Å². The van der Waals surface area contributed by atoms with Crippen molar-refractivity contribution in [3.8, 4) is 0 Å². The number of aromatic nitrogens is 3. The van der Waals surface area contributed by atoms with E-state index >= 15 is 0 Å². The number of nitrogens with one attached hydrogen (secondary N) is 2. The maximum atomic E-state index is 13.6. The van der Waals surface area contributed by atoms with Crippen LogP contribution >= 0.6 is 0 Å². The molecule has 2 N–H and O–H groups in total. The number of amides is 1. The highest BCUT2D eigenvalue weighted by Crippen LogP contribution is 2.49. The first-order chi connectivity index (χ1) is 19.5. The van der Waals surface area contributed by atoms with Crippen molar-refractivity contribution in [1.29, 1.82) is 0 Å². The molecule has 2 unspecified atom stereocenters. The molecule has 0 bridgehead atoms. The number of hydrogen-bond acceptors (Lipinski definition) is 8. The van der Waals surface area contributed by atoms with Gasteiger partial charge in [0.05, 0.1) is 22.4 Å². The topological polar surface area (TPSA) is 124 Å². The van der Waals surface area contributed by atoms with Crippen molar-refractivity contribution in [2.45, 2.75) is 75.0 Å². The zero-order valence-corrected chi connectivity index (χ0v) is 23.8. The van der Waals surface area contributed by atoms with Crippen LogP contribution in [0.4, 0.5) is 26.0 Å². The Morgan fingerprint density at radius 3 is 2.41 bits per heavy atom. The summed E-state index contributed by atoms with van der Waals surface area (Å²) in [4.78, 5) is 22.0. The molecular formula is C28H33F2N5O5S. The Labute approximate surface area is 236 Å². The van der Waals surface area contributed by atoms with Crippen LogP contribution in [0.1, 0.15) is 68.7 Å². The molecule has 4 heterocycles. The van der Waals surface area contributed by atoms with Gasteiger partial charge in [0.2, 0.25) is 5.91 Å². The van der Waals surface area contributed by atoms with Crippen LogP contribution in [0.3, 0.4) is 0 Å². The van der Waals surface area contributed by atoms with Gasteiger partial charge in [0, 0.05) is 32.0 Å². The number of halogens is 2. The van der Waals surface area contributed by atoms with Crippen molar-refractivity contribution >= 4 is 44.1 Å². The smallest absolute Gasteiger partial charge is 0.260 e. The fourth-order valence-corrected chi connectivity index (χ4v) is 6.48. The third-order valence-electron chi connectivity index (χ3n) is 7.89. The van der Waals surface area contributed by atoms with E-state index in [0.717, 1.165) is 50.3 Å². The van der Waals surface area contributed by atoms with Gasteiger partial charge >= 0.3 is 0 Å². The first-order valence-electron chi connectivity index (χ1n) is 13.9. The van der Waals surface area contributed by atoms with Gasteiger partial charge in [-0.15, -0.1) is 0 Å². The number of aryl methyl sites for hydroxylation is 1. The molecule has 1 aromatic carbocycles. The molecule has 1 aliphatic carbocycles. The van der Waals surface area contributed by atoms with Crippen LogP contribution in [0.25, 0.3) is 11.2 Å². The summed E-state index contributed by atoms with van der Waals surface area (Å²) < 4.78 is 66.7. The third-order valence-corrected chi connectivity index (χ3v) is 9.02. The molecule has 10 nitrogen and oxygen atoms in total. The van der Waals surface area contributed by atoms with E-state index in [-0.39, 0.29) is 23.0 Å². The Bertz CT molecular complexity index is 1600. The molecule has 41 heavy (non-hydrogen) atoms. The molecule has 3 fully saturated rings. The number of fused-ring (bicyclic) bond motifs is 1. The zero-order chi connectivity index (χ0) is 28.9. The van der Waals surface area contributed by atoms with Crippen LogP contribution in [-0.4, -0.2) is 54.3 Å². The van der Waals surface area contributed by atoms with Crippen molar-refractivity contribution in [1.82, 2.24) is 14.5 Å². The van der Waals surface area contributed by atoms with E-state index in [2.05, 4.69) is 15.6 Å². The molecule has 0 radical (unpaired) electrons. The predicted molar refractivity (Wildman–Crippen MR) is 148 cm³/mol. The number of carbonyl (C=O) groups is 1. The highest BCUT2D eigenvalue weighted by molar-refractivity contribution is 7.90. The second-order valence-electron chi connectivity index (χ2n) is 11.1. The van der Waals surface area contributed by atoms with E-state index in [1.807, 2.05) is 17.6 Å². The SMILES string of the molecule is Cc1nc2c(Nc3ccc([C@H]4CCCCO4)cc3S(C)(=O)=O)cc(NC(=O)C3CC3(F)F)nc2n1C1CCCCO1. The third kappa shape index (κ3) is 5.67. The lowest BCUT2D eigenvalue weighted by Crippen LogP contribution is -2.20. The van der Waals surface area contributed by atoms with Crippen molar-refractivity contribution in [3.05, 3.63) is 35.7 Å². The number of imidazole rings is 1. The second kappa shape index (κ2) is 10.6. The Morgan fingerprint density at radius 2 is 1.78 bits per heavy atom. The van der Waals surface area contributed by atoms with Gasteiger partial charge in [0.25, 0.3) is 5.92 Å². The average molecular weight is 590 g/mol. The Kier molecular flexibility index (Phi) is 7.23. The molecular weight excluding hydrogens is 556 g/mol. The summed E-state index contributed by atoms with van der Waals surface area (Å²) in [5.41, 5.74) is 2.29. The van der Waals surface area contributed by atoms with E-state index < -0.39 is 34.0 Å². The molecule has 1 amide bonds. The van der Waals surface area contributed by atoms with Gasteiger partial charge in [-0.3, -0.25) is 9.36 Å². The van der Waals surface area contributed by atoms with Gasteiger partial charge in [-0.1, -0.05) is 6.07 Å². The Balaban J connectivity index is 1.42. The number of alkyl halides is 2. The van der Waals surface area contributed by atoms with Gasteiger partial charge in [-0.2, -0.15) is 0 Å². The van der Waals surface area contributed by atoms with Gasteiger partial charge in [0.1, 0.15) is 29.3 Å². The number of benzene rings is 1. The minimum Gasteiger partial charge on any atom is -0.374 e.